The van der Waals surface area contributed by atoms with Crippen molar-refractivity contribution in [2.45, 2.75) is 24.8 Å². The molecule has 1 unspecified atom stereocenters. The third kappa shape index (κ3) is 3.39. The lowest BCUT2D eigenvalue weighted by molar-refractivity contribution is 0.0747. The van der Waals surface area contributed by atoms with Crippen LogP contribution >= 0.6 is 11.3 Å². The van der Waals surface area contributed by atoms with Gasteiger partial charge >= 0.3 is 0 Å². The van der Waals surface area contributed by atoms with Gasteiger partial charge in [0.1, 0.15) is 0 Å². The number of nitrogens with zero attached hydrogens (tertiary/aromatic N) is 1. The summed E-state index contributed by atoms with van der Waals surface area (Å²) in [6.45, 7) is 3.85. The van der Waals surface area contributed by atoms with Crippen LogP contribution in [0, 0.1) is 6.92 Å². The van der Waals surface area contributed by atoms with Crippen molar-refractivity contribution in [1.29, 1.82) is 0 Å². The van der Waals surface area contributed by atoms with Crippen LogP contribution in [0.5, 0.6) is 0 Å². The number of sulfone groups is 1. The topological polar surface area (TPSA) is 54.5 Å². The average molecular weight is 337 g/mol. The van der Waals surface area contributed by atoms with Gasteiger partial charge in [0.15, 0.2) is 9.84 Å². The molecular formula is C16H19NO3S2. The Kier molecular flexibility index (Phi) is 4.72. The van der Waals surface area contributed by atoms with E-state index in [0.29, 0.717) is 0 Å². The lowest BCUT2D eigenvalue weighted by Crippen LogP contribution is -2.29. The average Bonchev–Trinajstić information content (AvgIpc) is 2.90. The van der Waals surface area contributed by atoms with Crippen LogP contribution in [-0.2, 0) is 9.84 Å². The molecular weight excluding hydrogens is 318 g/mol. The molecule has 1 amide bonds. The van der Waals surface area contributed by atoms with E-state index in [1.165, 1.54) is 17.6 Å². The number of hydrogen-bond donors (Lipinski definition) is 0. The molecule has 0 bridgehead atoms. The normalized spacial score (nSPS) is 12.9. The lowest BCUT2D eigenvalue weighted by atomic mass is 10.1. The number of benzene rings is 1. The predicted molar refractivity (Wildman–Crippen MR) is 89.1 cm³/mol. The van der Waals surface area contributed by atoms with Crippen molar-refractivity contribution >= 4 is 27.1 Å². The minimum atomic E-state index is -3.20. The summed E-state index contributed by atoms with van der Waals surface area (Å²) in [6, 6.07) is 8.46. The number of hydrogen-bond acceptors (Lipinski definition) is 4. The zero-order chi connectivity index (χ0) is 16.5. The predicted octanol–water partition coefficient (Wildman–Crippen LogP) is 3.29. The van der Waals surface area contributed by atoms with Gasteiger partial charge in [-0.2, -0.15) is 0 Å². The highest BCUT2D eigenvalue weighted by Gasteiger charge is 2.21. The molecule has 1 atom stereocenters. The van der Waals surface area contributed by atoms with Crippen LogP contribution in [0.3, 0.4) is 0 Å². The third-order valence-electron chi connectivity index (χ3n) is 3.75. The van der Waals surface area contributed by atoms with E-state index in [9.17, 15) is 13.2 Å². The van der Waals surface area contributed by atoms with E-state index in [2.05, 4.69) is 0 Å². The van der Waals surface area contributed by atoms with Gasteiger partial charge in [-0.15, -0.1) is 11.3 Å². The van der Waals surface area contributed by atoms with Crippen molar-refractivity contribution in [3.63, 3.8) is 0 Å². The molecule has 2 rings (SSSR count). The Morgan fingerprint density at radius 1 is 1.18 bits per heavy atom. The quantitative estimate of drug-likeness (QED) is 0.860. The second-order valence-electron chi connectivity index (χ2n) is 5.37. The van der Waals surface area contributed by atoms with E-state index in [1.54, 1.807) is 36.2 Å². The highest BCUT2D eigenvalue weighted by Crippen LogP contribution is 2.25. The van der Waals surface area contributed by atoms with Crippen LogP contribution in [0.2, 0.25) is 0 Å². The van der Waals surface area contributed by atoms with Gasteiger partial charge in [0.05, 0.1) is 15.8 Å². The zero-order valence-corrected chi connectivity index (χ0v) is 14.7. The molecule has 1 heterocycles. The molecule has 0 aliphatic rings. The maximum Gasteiger partial charge on any atom is 0.264 e. The highest BCUT2D eigenvalue weighted by molar-refractivity contribution is 7.90. The maximum atomic E-state index is 12.5. The Hall–Kier alpha value is -1.66. The first-order valence-corrected chi connectivity index (χ1v) is 9.60. The van der Waals surface area contributed by atoms with Gasteiger partial charge in [-0.3, -0.25) is 4.79 Å². The van der Waals surface area contributed by atoms with Gasteiger partial charge in [-0.1, -0.05) is 12.1 Å². The molecule has 0 N–H and O–H groups in total. The Balaban J connectivity index is 2.22. The lowest BCUT2D eigenvalue weighted by Gasteiger charge is -2.25. The van der Waals surface area contributed by atoms with E-state index in [-0.39, 0.29) is 16.8 Å². The minimum absolute atomic E-state index is 0.0211. The van der Waals surface area contributed by atoms with Crippen molar-refractivity contribution < 1.29 is 13.2 Å². The number of thiophene rings is 1. The number of carbonyl (C=O) groups excluding carboxylic acids is 1. The summed E-state index contributed by atoms with van der Waals surface area (Å²) < 4.78 is 23.0. The monoisotopic (exact) mass is 337 g/mol. The van der Waals surface area contributed by atoms with E-state index in [4.69, 9.17) is 0 Å². The largest absolute Gasteiger partial charge is 0.334 e. The van der Waals surface area contributed by atoms with Gasteiger partial charge < -0.3 is 4.90 Å². The summed E-state index contributed by atoms with van der Waals surface area (Å²) in [5, 5.41) is 1.90. The molecule has 0 aliphatic carbocycles. The first kappa shape index (κ1) is 16.7. The molecule has 6 heteroatoms. The van der Waals surface area contributed by atoms with Crippen molar-refractivity contribution in [2.75, 3.05) is 13.3 Å². The second kappa shape index (κ2) is 6.22. The third-order valence-corrected chi connectivity index (χ3v) is 5.88. The smallest absolute Gasteiger partial charge is 0.264 e. The van der Waals surface area contributed by atoms with Crippen LogP contribution in [0.25, 0.3) is 0 Å². The summed E-state index contributed by atoms with van der Waals surface area (Å²) in [4.78, 5) is 15.2. The SMILES string of the molecule is Cc1ccsc1C(=O)N(C)C(C)c1ccc(S(C)(=O)=O)cc1. The van der Waals surface area contributed by atoms with Crippen LogP contribution in [-0.4, -0.2) is 32.5 Å². The number of carbonyl (C=O) groups is 1. The molecule has 4 nitrogen and oxygen atoms in total. The number of aryl methyl sites for hydroxylation is 1. The van der Waals surface area contributed by atoms with Crippen molar-refractivity contribution in [3.8, 4) is 0 Å². The van der Waals surface area contributed by atoms with Crippen LogP contribution < -0.4 is 0 Å². The van der Waals surface area contributed by atoms with Gasteiger partial charge in [0.2, 0.25) is 0 Å². The van der Waals surface area contributed by atoms with Gasteiger partial charge in [0.25, 0.3) is 5.91 Å². The second-order valence-corrected chi connectivity index (χ2v) is 8.30. The fraction of sp³-hybridized carbons (Fsp3) is 0.312. The van der Waals surface area contributed by atoms with Crippen molar-refractivity contribution in [1.82, 2.24) is 4.90 Å². The van der Waals surface area contributed by atoms with Crippen LogP contribution in [0.15, 0.2) is 40.6 Å². The summed E-state index contributed by atoms with van der Waals surface area (Å²) >= 11 is 1.43. The molecule has 0 saturated carbocycles. The molecule has 0 radical (unpaired) electrons. The molecule has 1 aromatic heterocycles. The van der Waals surface area contributed by atoms with Gasteiger partial charge in [-0.25, -0.2) is 8.42 Å². The Morgan fingerprint density at radius 3 is 2.23 bits per heavy atom. The molecule has 0 spiro atoms. The van der Waals surface area contributed by atoms with Crippen molar-refractivity contribution in [3.05, 3.63) is 51.7 Å². The zero-order valence-electron chi connectivity index (χ0n) is 13.0. The van der Waals surface area contributed by atoms with Crippen molar-refractivity contribution in [2.24, 2.45) is 0 Å². The Morgan fingerprint density at radius 2 is 1.77 bits per heavy atom. The Bertz CT molecular complexity index is 776. The van der Waals surface area contributed by atoms with Gasteiger partial charge in [0, 0.05) is 13.3 Å². The summed E-state index contributed by atoms with van der Waals surface area (Å²) in [7, 11) is -1.44. The molecule has 2 aromatic rings. The molecule has 118 valence electrons. The standard InChI is InChI=1S/C16H19NO3S2/c1-11-9-10-21-15(11)16(18)17(3)12(2)13-5-7-14(8-6-13)22(4,19)20/h5-10,12H,1-4H3. The summed E-state index contributed by atoms with van der Waals surface area (Å²) in [5.74, 6) is -0.0211. The summed E-state index contributed by atoms with van der Waals surface area (Å²) in [5.41, 5.74) is 1.87. The Labute approximate surface area is 135 Å². The fourth-order valence-electron chi connectivity index (χ4n) is 2.15. The highest BCUT2D eigenvalue weighted by atomic mass is 32.2. The fourth-order valence-corrected chi connectivity index (χ4v) is 3.68. The maximum absolute atomic E-state index is 12.5. The first-order valence-electron chi connectivity index (χ1n) is 6.83. The summed E-state index contributed by atoms with van der Waals surface area (Å²) in [6.07, 6.45) is 1.18. The molecule has 1 aromatic carbocycles. The van der Waals surface area contributed by atoms with Crippen LogP contribution in [0.4, 0.5) is 0 Å². The van der Waals surface area contributed by atoms with Crippen LogP contribution in [0.1, 0.15) is 33.8 Å². The molecule has 0 aliphatic heterocycles. The van der Waals surface area contributed by atoms with E-state index < -0.39 is 9.84 Å². The van der Waals surface area contributed by atoms with E-state index in [0.717, 1.165) is 16.0 Å². The number of rotatable bonds is 4. The first-order chi connectivity index (χ1) is 10.2. The van der Waals surface area contributed by atoms with Gasteiger partial charge in [-0.05, 0) is 48.6 Å². The molecule has 0 saturated heterocycles. The molecule has 0 fully saturated rings. The molecule has 22 heavy (non-hydrogen) atoms. The van der Waals surface area contributed by atoms with E-state index >= 15 is 0 Å². The minimum Gasteiger partial charge on any atom is -0.334 e. The number of amides is 1. The van der Waals surface area contributed by atoms with E-state index in [1.807, 2.05) is 25.3 Å².